The second-order valence-electron chi connectivity index (χ2n) is 6.00. The van der Waals surface area contributed by atoms with Crippen molar-refractivity contribution in [3.8, 4) is 0 Å². The molecule has 13 heteroatoms. The first-order valence-corrected chi connectivity index (χ1v) is 7.89. The van der Waals surface area contributed by atoms with Gasteiger partial charge in [0.05, 0.1) is 13.2 Å². The van der Waals surface area contributed by atoms with Crippen molar-refractivity contribution in [3.63, 3.8) is 0 Å². The van der Waals surface area contributed by atoms with Crippen molar-refractivity contribution in [3.05, 3.63) is 5.21 Å². The Morgan fingerprint density at radius 2 is 1.62 bits per heavy atom. The lowest BCUT2D eigenvalue weighted by molar-refractivity contribution is -0.505. The molecular formula is C13H24N2O11. The van der Waals surface area contributed by atoms with Crippen molar-refractivity contribution in [1.29, 1.82) is 0 Å². The van der Waals surface area contributed by atoms with Crippen molar-refractivity contribution < 1.29 is 54.4 Å². The molecule has 0 amide bonds. The normalized spacial score (nSPS) is 44.9. The van der Waals surface area contributed by atoms with Crippen molar-refractivity contribution in [2.24, 2.45) is 5.11 Å². The molecule has 0 aliphatic carbocycles. The van der Waals surface area contributed by atoms with Crippen LogP contribution in [0.15, 0.2) is 5.11 Å². The second-order valence-corrected chi connectivity index (χ2v) is 6.00. The first kappa shape index (κ1) is 21.3. The molecular weight excluding hydrogens is 360 g/mol. The summed E-state index contributed by atoms with van der Waals surface area (Å²) in [6, 6.07) is 0. The SMILES string of the molecule is C[N+]([O-])=NCO[C@H]1O[C@@H](CO[C@H]2OC[C@@H](O)[C@@H](O)[C@H]2O)[C@@H](O)[C@@H](O)[C@H]1O. The van der Waals surface area contributed by atoms with Gasteiger partial charge in [-0.05, 0) is 5.11 Å². The van der Waals surface area contributed by atoms with E-state index in [1.807, 2.05) is 0 Å². The van der Waals surface area contributed by atoms with Crippen LogP contribution in [0.5, 0.6) is 0 Å². The van der Waals surface area contributed by atoms with Crippen molar-refractivity contribution >= 4 is 0 Å². The van der Waals surface area contributed by atoms with Crippen molar-refractivity contribution in [1.82, 2.24) is 0 Å². The maximum atomic E-state index is 10.7. The zero-order valence-corrected chi connectivity index (χ0v) is 13.9. The molecule has 0 unspecified atom stereocenters. The number of aliphatic hydroxyl groups excluding tert-OH is 6. The molecule has 6 N–H and O–H groups in total. The minimum atomic E-state index is -1.63. The Balaban J connectivity index is 1.91. The highest BCUT2D eigenvalue weighted by Crippen LogP contribution is 2.24. The fourth-order valence-corrected chi connectivity index (χ4v) is 2.50. The van der Waals surface area contributed by atoms with Gasteiger partial charge in [-0.15, -0.1) is 0 Å². The zero-order valence-electron chi connectivity index (χ0n) is 13.9. The van der Waals surface area contributed by atoms with Gasteiger partial charge in [-0.25, -0.2) is 0 Å². The zero-order chi connectivity index (χ0) is 19.4. The molecule has 13 nitrogen and oxygen atoms in total. The minimum absolute atomic E-state index is 0.239. The van der Waals surface area contributed by atoms with E-state index in [1.165, 1.54) is 0 Å². The van der Waals surface area contributed by atoms with E-state index in [0.29, 0.717) is 0 Å². The van der Waals surface area contributed by atoms with Crippen molar-refractivity contribution in [2.75, 3.05) is 27.0 Å². The summed E-state index contributed by atoms with van der Waals surface area (Å²) in [6.45, 7) is -1.12. The predicted octanol–water partition coefficient (Wildman–Crippen LogP) is -4.18. The first-order valence-electron chi connectivity index (χ1n) is 7.89. The van der Waals surface area contributed by atoms with Gasteiger partial charge in [0.2, 0.25) is 6.73 Å². The van der Waals surface area contributed by atoms with Crippen LogP contribution in [0.4, 0.5) is 0 Å². The Bertz CT molecular complexity index is 477. The molecule has 9 atom stereocenters. The molecule has 2 aliphatic heterocycles. The average Bonchev–Trinajstić information content (AvgIpc) is 2.60. The number of azo groups is 1. The maximum Gasteiger partial charge on any atom is 0.203 e. The molecule has 2 fully saturated rings. The Morgan fingerprint density at radius 1 is 0.962 bits per heavy atom. The lowest BCUT2D eigenvalue weighted by atomic mass is 9.99. The smallest absolute Gasteiger partial charge is 0.203 e. The number of hydroxylamine groups is 1. The summed E-state index contributed by atoms with van der Waals surface area (Å²) in [5.74, 6) is 0. The fourth-order valence-electron chi connectivity index (χ4n) is 2.50. The van der Waals surface area contributed by atoms with Gasteiger partial charge < -0.3 is 54.8 Å². The molecule has 26 heavy (non-hydrogen) atoms. The molecule has 0 radical (unpaired) electrons. The Kier molecular flexibility index (Phi) is 7.60. The van der Waals surface area contributed by atoms with E-state index in [-0.39, 0.29) is 11.5 Å². The molecule has 0 aromatic carbocycles. The molecule has 0 spiro atoms. The Labute approximate surface area is 148 Å². The summed E-state index contributed by atoms with van der Waals surface area (Å²) >= 11 is 0. The third kappa shape index (κ3) is 5.04. The molecule has 2 saturated heterocycles. The third-order valence-corrected chi connectivity index (χ3v) is 4.04. The summed E-state index contributed by atoms with van der Waals surface area (Å²) in [5, 5.41) is 72.5. The van der Waals surface area contributed by atoms with Gasteiger partial charge in [0.25, 0.3) is 0 Å². The number of nitrogens with zero attached hydrogens (tertiary/aromatic N) is 2. The number of aliphatic hydroxyl groups is 6. The van der Waals surface area contributed by atoms with Crippen LogP contribution < -0.4 is 0 Å². The monoisotopic (exact) mass is 384 g/mol. The standard InChI is InChI=1S/C13H24N2O11/c1-15(22)14-4-25-13-11(21)9(19)8(18)6(26-13)3-24-12-10(20)7(17)5(16)2-23-12/h5-13,16-21H,2-4H2,1H3/t5-,6+,7-,8-,9-,10-,11-,12-,13+/m1/s1. The van der Waals surface area contributed by atoms with Crippen LogP contribution in [0, 0.1) is 5.21 Å². The van der Waals surface area contributed by atoms with Crippen LogP contribution in [-0.2, 0) is 18.9 Å². The van der Waals surface area contributed by atoms with E-state index < -0.39 is 68.6 Å². The van der Waals surface area contributed by atoms with E-state index in [0.717, 1.165) is 7.05 Å². The van der Waals surface area contributed by atoms with E-state index in [2.05, 4.69) is 5.11 Å². The van der Waals surface area contributed by atoms with Crippen LogP contribution in [0.3, 0.4) is 0 Å². The van der Waals surface area contributed by atoms with Crippen LogP contribution in [0.2, 0.25) is 0 Å². The van der Waals surface area contributed by atoms with Gasteiger partial charge in [0, 0.05) is 0 Å². The van der Waals surface area contributed by atoms with Gasteiger partial charge in [0.1, 0.15) is 42.7 Å². The summed E-state index contributed by atoms with van der Waals surface area (Å²) in [4.78, 5) is 0.239. The molecule has 0 aromatic heterocycles. The highest BCUT2D eigenvalue weighted by atomic mass is 16.7. The molecule has 2 aliphatic rings. The summed E-state index contributed by atoms with van der Waals surface area (Å²) in [5.41, 5.74) is 0. The highest BCUT2D eigenvalue weighted by molar-refractivity contribution is 4.90. The highest BCUT2D eigenvalue weighted by Gasteiger charge is 2.45. The van der Waals surface area contributed by atoms with E-state index in [1.54, 1.807) is 0 Å². The van der Waals surface area contributed by atoms with Gasteiger partial charge in [-0.2, -0.15) is 0 Å². The largest absolute Gasteiger partial charge is 0.600 e. The van der Waals surface area contributed by atoms with E-state index >= 15 is 0 Å². The number of hydrogen-bond donors (Lipinski definition) is 6. The summed E-state index contributed by atoms with van der Waals surface area (Å²) in [6.07, 6.45) is -12.9. The van der Waals surface area contributed by atoms with Crippen LogP contribution in [-0.4, -0.2) is 118 Å². The number of ether oxygens (including phenoxy) is 4. The number of hydrogen-bond acceptors (Lipinski definition) is 12. The predicted molar refractivity (Wildman–Crippen MR) is 78.3 cm³/mol. The average molecular weight is 384 g/mol. The fraction of sp³-hybridized carbons (Fsp3) is 1.00. The maximum absolute atomic E-state index is 10.7. The molecule has 152 valence electrons. The van der Waals surface area contributed by atoms with Crippen LogP contribution in [0.25, 0.3) is 0 Å². The molecule has 2 rings (SSSR count). The first-order chi connectivity index (χ1) is 12.2. The molecule has 0 aromatic rings. The Hall–Kier alpha value is -1.00. The van der Waals surface area contributed by atoms with Gasteiger partial charge in [-0.3, -0.25) is 0 Å². The lowest BCUT2D eigenvalue weighted by Gasteiger charge is -2.41. The summed E-state index contributed by atoms with van der Waals surface area (Å²) < 4.78 is 20.6. The number of rotatable bonds is 6. The Morgan fingerprint density at radius 3 is 2.27 bits per heavy atom. The summed E-state index contributed by atoms with van der Waals surface area (Å²) in [7, 11) is 1.12. The van der Waals surface area contributed by atoms with Gasteiger partial charge in [-0.1, -0.05) is 4.86 Å². The topological polar surface area (TPSA) is 197 Å². The third-order valence-electron chi connectivity index (χ3n) is 4.04. The lowest BCUT2D eigenvalue weighted by Crippen LogP contribution is -2.60. The second kappa shape index (κ2) is 9.27. The van der Waals surface area contributed by atoms with E-state index in [4.69, 9.17) is 18.9 Å². The molecule has 0 saturated carbocycles. The van der Waals surface area contributed by atoms with E-state index in [9.17, 15) is 35.8 Å². The van der Waals surface area contributed by atoms with Gasteiger partial charge >= 0.3 is 0 Å². The van der Waals surface area contributed by atoms with Crippen molar-refractivity contribution in [2.45, 2.75) is 55.3 Å². The minimum Gasteiger partial charge on any atom is -0.600 e. The molecule has 0 bridgehead atoms. The molecule has 2 heterocycles. The quantitative estimate of drug-likeness (QED) is 0.148. The van der Waals surface area contributed by atoms with Gasteiger partial charge in [0.15, 0.2) is 19.6 Å². The van der Waals surface area contributed by atoms with Crippen LogP contribution in [0.1, 0.15) is 0 Å². The van der Waals surface area contributed by atoms with Crippen LogP contribution >= 0.6 is 0 Å².